The Labute approximate surface area is 109 Å². The fraction of sp³-hybridized carbons (Fsp3) is 0.692. The highest BCUT2D eigenvalue weighted by atomic mass is 16.1. The standard InChI is InChI=1S/C13H24N4O/c1-9(2)11(6-7-14)4-5-12(18)16-13-10(3)8-15-17-13/h8-9,11H,4-7,14H2,1-3H3,(H2,15,16,17,18). The van der Waals surface area contributed by atoms with Crippen LogP contribution in [0.4, 0.5) is 5.82 Å². The molecule has 0 aliphatic heterocycles. The van der Waals surface area contributed by atoms with Gasteiger partial charge < -0.3 is 11.1 Å². The first kappa shape index (κ1) is 14.7. The van der Waals surface area contributed by atoms with Gasteiger partial charge in [-0.3, -0.25) is 9.89 Å². The van der Waals surface area contributed by atoms with Gasteiger partial charge in [0.05, 0.1) is 6.20 Å². The number of rotatable bonds is 7. The van der Waals surface area contributed by atoms with Crippen molar-refractivity contribution in [2.75, 3.05) is 11.9 Å². The fourth-order valence-electron chi connectivity index (χ4n) is 2.02. The minimum absolute atomic E-state index is 0.0324. The van der Waals surface area contributed by atoms with Crippen LogP contribution in [0.1, 0.15) is 38.7 Å². The molecular weight excluding hydrogens is 228 g/mol. The quantitative estimate of drug-likeness (QED) is 0.694. The highest BCUT2D eigenvalue weighted by molar-refractivity contribution is 5.90. The zero-order chi connectivity index (χ0) is 13.5. The third-order valence-electron chi connectivity index (χ3n) is 3.32. The van der Waals surface area contributed by atoms with Crippen LogP contribution in [-0.4, -0.2) is 22.6 Å². The summed E-state index contributed by atoms with van der Waals surface area (Å²) < 4.78 is 0. The zero-order valence-electron chi connectivity index (χ0n) is 11.5. The van der Waals surface area contributed by atoms with Gasteiger partial charge in [0, 0.05) is 12.0 Å². The summed E-state index contributed by atoms with van der Waals surface area (Å²) in [7, 11) is 0. The first-order valence-corrected chi connectivity index (χ1v) is 6.54. The van der Waals surface area contributed by atoms with Crippen LogP contribution in [0, 0.1) is 18.8 Å². The highest BCUT2D eigenvalue weighted by Gasteiger charge is 2.15. The number of aromatic amines is 1. The molecule has 18 heavy (non-hydrogen) atoms. The molecule has 1 heterocycles. The van der Waals surface area contributed by atoms with E-state index in [4.69, 9.17) is 5.73 Å². The van der Waals surface area contributed by atoms with Crippen LogP contribution in [-0.2, 0) is 4.79 Å². The second kappa shape index (κ2) is 7.16. The van der Waals surface area contributed by atoms with E-state index in [1.807, 2.05) is 6.92 Å². The Bertz CT molecular complexity index is 373. The van der Waals surface area contributed by atoms with E-state index in [0.717, 1.165) is 18.4 Å². The number of aryl methyl sites for hydroxylation is 1. The van der Waals surface area contributed by atoms with Crippen molar-refractivity contribution in [3.05, 3.63) is 11.8 Å². The van der Waals surface area contributed by atoms with Gasteiger partial charge in [-0.05, 0) is 38.1 Å². The maximum Gasteiger partial charge on any atom is 0.225 e. The van der Waals surface area contributed by atoms with Crippen molar-refractivity contribution in [3.63, 3.8) is 0 Å². The molecule has 0 saturated carbocycles. The minimum Gasteiger partial charge on any atom is -0.330 e. The Morgan fingerprint density at radius 2 is 2.22 bits per heavy atom. The number of hydrogen-bond acceptors (Lipinski definition) is 3. The second-order valence-corrected chi connectivity index (χ2v) is 5.10. The molecule has 0 saturated heterocycles. The molecule has 1 aromatic heterocycles. The summed E-state index contributed by atoms with van der Waals surface area (Å²) in [5, 5.41) is 9.48. The number of carbonyl (C=O) groups excluding carboxylic acids is 1. The molecule has 5 nitrogen and oxygen atoms in total. The molecule has 0 bridgehead atoms. The average Bonchev–Trinajstić information content (AvgIpc) is 2.70. The lowest BCUT2D eigenvalue weighted by molar-refractivity contribution is -0.116. The van der Waals surface area contributed by atoms with Crippen LogP contribution in [0.2, 0.25) is 0 Å². The van der Waals surface area contributed by atoms with Crippen LogP contribution < -0.4 is 11.1 Å². The molecule has 4 N–H and O–H groups in total. The Balaban J connectivity index is 2.38. The normalized spacial score (nSPS) is 12.7. The average molecular weight is 252 g/mol. The Hall–Kier alpha value is -1.36. The predicted octanol–water partition coefficient (Wildman–Crippen LogP) is 2.06. The molecule has 0 fully saturated rings. The lowest BCUT2D eigenvalue weighted by Crippen LogP contribution is -2.18. The Kier molecular flexibility index (Phi) is 5.85. The maximum absolute atomic E-state index is 11.8. The van der Waals surface area contributed by atoms with E-state index in [2.05, 4.69) is 29.4 Å². The molecule has 0 aromatic carbocycles. The molecule has 5 heteroatoms. The van der Waals surface area contributed by atoms with Crippen LogP contribution in [0.3, 0.4) is 0 Å². The van der Waals surface area contributed by atoms with Crippen LogP contribution >= 0.6 is 0 Å². The molecule has 102 valence electrons. The number of anilines is 1. The number of amides is 1. The minimum atomic E-state index is 0.0324. The van der Waals surface area contributed by atoms with Gasteiger partial charge in [-0.1, -0.05) is 13.8 Å². The van der Waals surface area contributed by atoms with E-state index in [1.54, 1.807) is 6.20 Å². The van der Waals surface area contributed by atoms with Crippen LogP contribution in [0.25, 0.3) is 0 Å². The number of nitrogens with zero attached hydrogens (tertiary/aromatic N) is 1. The number of H-pyrrole nitrogens is 1. The molecule has 0 aliphatic carbocycles. The molecule has 0 aliphatic rings. The van der Waals surface area contributed by atoms with E-state index in [1.165, 1.54) is 0 Å². The van der Waals surface area contributed by atoms with E-state index in [-0.39, 0.29) is 5.91 Å². The van der Waals surface area contributed by atoms with Crippen molar-refractivity contribution in [1.82, 2.24) is 10.2 Å². The van der Waals surface area contributed by atoms with Crippen LogP contribution in [0.5, 0.6) is 0 Å². The number of nitrogens with one attached hydrogen (secondary N) is 2. The van der Waals surface area contributed by atoms with Crippen molar-refractivity contribution < 1.29 is 4.79 Å². The third kappa shape index (κ3) is 4.49. The fourth-order valence-corrected chi connectivity index (χ4v) is 2.02. The summed E-state index contributed by atoms with van der Waals surface area (Å²) in [5.41, 5.74) is 6.54. The zero-order valence-corrected chi connectivity index (χ0v) is 11.5. The number of aromatic nitrogens is 2. The van der Waals surface area contributed by atoms with Crippen LogP contribution in [0.15, 0.2) is 6.20 Å². The lowest BCUT2D eigenvalue weighted by atomic mass is 9.88. The first-order chi connectivity index (χ1) is 8.54. The molecule has 1 amide bonds. The summed E-state index contributed by atoms with van der Waals surface area (Å²) in [6.07, 6.45) is 4.09. The molecule has 0 radical (unpaired) electrons. The molecule has 1 rings (SSSR count). The van der Waals surface area contributed by atoms with Gasteiger partial charge in [0.25, 0.3) is 0 Å². The lowest BCUT2D eigenvalue weighted by Gasteiger charge is -2.19. The summed E-state index contributed by atoms with van der Waals surface area (Å²) >= 11 is 0. The van der Waals surface area contributed by atoms with Gasteiger partial charge in [-0.15, -0.1) is 0 Å². The molecular formula is C13H24N4O. The first-order valence-electron chi connectivity index (χ1n) is 6.54. The third-order valence-corrected chi connectivity index (χ3v) is 3.32. The maximum atomic E-state index is 11.8. The van der Waals surface area contributed by atoms with Crippen molar-refractivity contribution in [3.8, 4) is 0 Å². The monoisotopic (exact) mass is 252 g/mol. The molecule has 1 unspecified atom stereocenters. The number of nitrogens with two attached hydrogens (primary N) is 1. The van der Waals surface area contributed by atoms with E-state index in [0.29, 0.717) is 30.6 Å². The summed E-state index contributed by atoms with van der Waals surface area (Å²) in [5.74, 6) is 1.81. The van der Waals surface area contributed by atoms with Crippen molar-refractivity contribution in [2.45, 2.75) is 40.0 Å². The Morgan fingerprint density at radius 1 is 1.50 bits per heavy atom. The summed E-state index contributed by atoms with van der Waals surface area (Å²) in [6, 6.07) is 0. The van der Waals surface area contributed by atoms with E-state index < -0.39 is 0 Å². The van der Waals surface area contributed by atoms with Gasteiger partial charge in [0.2, 0.25) is 5.91 Å². The molecule has 0 spiro atoms. The highest BCUT2D eigenvalue weighted by Crippen LogP contribution is 2.20. The number of carbonyl (C=O) groups is 1. The van der Waals surface area contributed by atoms with Crippen molar-refractivity contribution >= 4 is 11.7 Å². The second-order valence-electron chi connectivity index (χ2n) is 5.10. The van der Waals surface area contributed by atoms with E-state index >= 15 is 0 Å². The summed E-state index contributed by atoms with van der Waals surface area (Å²) in [6.45, 7) is 6.95. The SMILES string of the molecule is Cc1cn[nH]c1NC(=O)CCC(CCN)C(C)C. The Morgan fingerprint density at radius 3 is 2.72 bits per heavy atom. The van der Waals surface area contributed by atoms with Crippen molar-refractivity contribution in [1.29, 1.82) is 0 Å². The van der Waals surface area contributed by atoms with Crippen molar-refractivity contribution in [2.24, 2.45) is 17.6 Å². The molecule has 1 atom stereocenters. The van der Waals surface area contributed by atoms with Gasteiger partial charge in [-0.2, -0.15) is 5.10 Å². The summed E-state index contributed by atoms with van der Waals surface area (Å²) in [4.78, 5) is 11.8. The number of hydrogen-bond donors (Lipinski definition) is 3. The van der Waals surface area contributed by atoms with Gasteiger partial charge in [-0.25, -0.2) is 0 Å². The predicted molar refractivity (Wildman–Crippen MR) is 73.2 cm³/mol. The van der Waals surface area contributed by atoms with Gasteiger partial charge in [0.1, 0.15) is 5.82 Å². The topological polar surface area (TPSA) is 83.8 Å². The van der Waals surface area contributed by atoms with Gasteiger partial charge in [0.15, 0.2) is 0 Å². The largest absolute Gasteiger partial charge is 0.330 e. The molecule has 1 aromatic rings. The smallest absolute Gasteiger partial charge is 0.225 e. The van der Waals surface area contributed by atoms with E-state index in [9.17, 15) is 4.79 Å². The van der Waals surface area contributed by atoms with Gasteiger partial charge >= 0.3 is 0 Å².